The number of hydrogen-bond donors (Lipinski definition) is 0. The van der Waals surface area contributed by atoms with Gasteiger partial charge >= 0.3 is 18.1 Å². The van der Waals surface area contributed by atoms with Gasteiger partial charge in [0.05, 0.1) is 39.5 Å². The third-order valence-electron chi connectivity index (χ3n) is 20.5. The van der Waals surface area contributed by atoms with Gasteiger partial charge in [0.2, 0.25) is 0 Å². The summed E-state index contributed by atoms with van der Waals surface area (Å²) in [5, 5.41) is 0. The average Bonchev–Trinajstić information content (AvgIpc) is 0.771. The number of amides is 6. The fourth-order valence-electron chi connectivity index (χ4n) is 14.3. The van der Waals surface area contributed by atoms with Crippen LogP contribution >= 0.6 is 0 Å². The van der Waals surface area contributed by atoms with Crippen LogP contribution < -0.4 is 53.6 Å². The summed E-state index contributed by atoms with van der Waals surface area (Å²) >= 11 is 0. The highest BCUT2D eigenvalue weighted by Gasteiger charge is 2.37. The number of para-hydroxylation sites is 3. The number of hydrogen-bond acceptors (Lipinski definition) is 17. The summed E-state index contributed by atoms with van der Waals surface area (Å²) in [6, 6.07) is 46.6. The van der Waals surface area contributed by atoms with Crippen LogP contribution in [-0.2, 0) is 38.9 Å². The van der Waals surface area contributed by atoms with E-state index in [2.05, 4.69) is 121 Å². The number of carbonyl (C=O) groups excluding carboxylic acids is 3. The first kappa shape index (κ1) is 71.6. The maximum atomic E-state index is 13.8. The number of aryl methyl sites for hydroxylation is 2. The van der Waals surface area contributed by atoms with Gasteiger partial charge in [0, 0.05) is 205 Å². The lowest BCUT2D eigenvalue weighted by Gasteiger charge is -2.39. The fraction of sp³-hybridized carbons (Fsp3) is 0.370. The first-order chi connectivity index (χ1) is 50.4. The first-order valence-corrected chi connectivity index (χ1v) is 36.0. The van der Waals surface area contributed by atoms with Gasteiger partial charge in [0.15, 0.2) is 0 Å². The second-order valence-corrected chi connectivity index (χ2v) is 28.1. The van der Waals surface area contributed by atoms with E-state index in [9.17, 15) is 14.4 Å². The number of ether oxygens (including phenoxy) is 2. The van der Waals surface area contributed by atoms with Gasteiger partial charge in [0.1, 0.15) is 46.4 Å². The standard InChI is InChI=1S/C30H38N6O2.C26H30N6O2.C25H28N6O/c1-20(2)36-29-24(19-35(30(36)37)28-21(3)8-7-9-22(28)4)18-31-27(32-29)16-23-10-11-25(17-26(23)38-6)34-14-12-33(5)13-15-34;1-29-11-13-31(14-12-29)22-10-9-19(23(16-22)34-3)15-24-27-17-20-18-32(21-7-5-4-6-8-21)26(33)30(2)25(20)28-24;1-28-12-14-30(15-13-28)21-10-8-19(9-11-21)16-23-26-17-20-18-31(22-6-4-3-5-7-22)25(32)29(2)24(20)27-23/h7-11,17-18,20H,12-16,19H2,1-6H3;4-10,16-17H,11-15,18H2,1-3H3;3-11,17H,12-16,18H2,1-2H3. The maximum Gasteiger partial charge on any atom is 0.330 e. The van der Waals surface area contributed by atoms with Crippen LogP contribution in [0.25, 0.3) is 0 Å². The molecule has 6 aliphatic heterocycles. The van der Waals surface area contributed by atoms with Gasteiger partial charge in [-0.3, -0.25) is 29.4 Å². The van der Waals surface area contributed by atoms with Crippen LogP contribution in [-0.4, -0.2) is 197 Å². The quantitative estimate of drug-likeness (QED) is 0.0942. The van der Waals surface area contributed by atoms with E-state index in [0.717, 1.165) is 152 Å². The lowest BCUT2D eigenvalue weighted by atomic mass is 10.1. The van der Waals surface area contributed by atoms with Crippen molar-refractivity contribution in [2.75, 3.05) is 172 Å². The van der Waals surface area contributed by atoms with Crippen molar-refractivity contribution in [2.45, 2.75) is 72.6 Å². The highest BCUT2D eigenvalue weighted by Crippen LogP contribution is 2.38. The monoisotopic (exact) mass is 1400 g/mol. The van der Waals surface area contributed by atoms with E-state index < -0.39 is 0 Å². The van der Waals surface area contributed by atoms with Crippen LogP contribution in [0.5, 0.6) is 11.5 Å². The van der Waals surface area contributed by atoms with Crippen LogP contribution in [0.15, 0.2) is 158 Å². The third-order valence-corrected chi connectivity index (χ3v) is 20.5. The molecule has 23 heteroatoms. The second kappa shape index (κ2) is 31.9. The molecule has 3 aromatic heterocycles. The Morgan fingerprint density at radius 2 is 0.769 bits per heavy atom. The van der Waals surface area contributed by atoms with E-state index in [1.807, 2.05) is 130 Å². The van der Waals surface area contributed by atoms with Crippen molar-refractivity contribution in [3.63, 3.8) is 0 Å². The molecule has 15 rings (SSSR count). The van der Waals surface area contributed by atoms with Crippen LogP contribution in [0.1, 0.15) is 75.8 Å². The average molecular weight is 1400 g/mol. The fourth-order valence-corrected chi connectivity index (χ4v) is 14.3. The highest BCUT2D eigenvalue weighted by molar-refractivity contribution is 6.07. The van der Waals surface area contributed by atoms with Crippen molar-refractivity contribution in [3.05, 3.63) is 220 Å². The molecule has 0 radical (unpaired) electrons. The maximum absolute atomic E-state index is 13.8. The van der Waals surface area contributed by atoms with Crippen molar-refractivity contribution < 1.29 is 23.9 Å². The molecule has 0 N–H and O–H groups in total. The van der Waals surface area contributed by atoms with Crippen molar-refractivity contribution in [1.82, 2.24) is 44.6 Å². The zero-order valence-electron chi connectivity index (χ0n) is 61.9. The van der Waals surface area contributed by atoms with Gasteiger partial charge in [-0.05, 0) is 114 Å². The zero-order chi connectivity index (χ0) is 72.7. The number of likely N-dealkylation sites (N-methyl/N-ethyl adjacent to an activating group) is 3. The summed E-state index contributed by atoms with van der Waals surface area (Å²) in [7, 11) is 13.4. The van der Waals surface area contributed by atoms with Gasteiger partial charge in [-0.15, -0.1) is 0 Å². The van der Waals surface area contributed by atoms with Crippen molar-refractivity contribution in [3.8, 4) is 11.5 Å². The van der Waals surface area contributed by atoms with E-state index in [1.54, 1.807) is 52.8 Å². The normalized spacial score (nSPS) is 16.6. The summed E-state index contributed by atoms with van der Waals surface area (Å²) in [4.78, 5) is 92.8. The lowest BCUT2D eigenvalue weighted by molar-refractivity contribution is 0.248. The van der Waals surface area contributed by atoms with Gasteiger partial charge in [0.25, 0.3) is 0 Å². The molecule has 6 aromatic carbocycles. The summed E-state index contributed by atoms with van der Waals surface area (Å²) in [5.74, 6) is 5.79. The van der Waals surface area contributed by atoms with Crippen LogP contribution in [0.2, 0.25) is 0 Å². The molecular formula is C81H96N18O5. The third kappa shape index (κ3) is 15.9. The lowest BCUT2D eigenvalue weighted by Crippen LogP contribution is -2.51. The van der Waals surface area contributed by atoms with Gasteiger partial charge < -0.3 is 38.9 Å². The number of rotatable bonds is 15. The Bertz CT molecular complexity index is 4480. The van der Waals surface area contributed by atoms with Gasteiger partial charge in [-0.2, -0.15) is 0 Å². The first-order valence-electron chi connectivity index (χ1n) is 36.0. The number of piperazine rings is 3. The Kier molecular flexibility index (Phi) is 22.0. The molecule has 9 heterocycles. The molecule has 3 fully saturated rings. The summed E-state index contributed by atoms with van der Waals surface area (Å²) in [6.45, 7) is 22.1. The number of aromatic nitrogens is 6. The topological polar surface area (TPSA) is 186 Å². The van der Waals surface area contributed by atoms with Crippen molar-refractivity contribution in [2.24, 2.45) is 0 Å². The summed E-state index contributed by atoms with van der Waals surface area (Å²) < 4.78 is 11.5. The molecule has 540 valence electrons. The zero-order valence-corrected chi connectivity index (χ0v) is 61.9. The molecule has 0 unspecified atom stereocenters. The number of methoxy groups -OCH3 is 2. The minimum atomic E-state index is -0.0996. The molecule has 0 spiro atoms. The summed E-state index contributed by atoms with van der Waals surface area (Å²) in [6.07, 6.45) is 7.27. The Labute approximate surface area is 611 Å². The highest BCUT2D eigenvalue weighted by atomic mass is 16.5. The Balaban J connectivity index is 0.000000139. The molecule has 6 aliphatic rings. The molecule has 104 heavy (non-hydrogen) atoms. The largest absolute Gasteiger partial charge is 0.496 e. The van der Waals surface area contributed by atoms with E-state index in [1.165, 1.54) is 22.6 Å². The minimum Gasteiger partial charge on any atom is -0.496 e. The SMILES string of the molecule is CN1CCN(c2ccc(Cc3ncc4c(n3)N(C)C(=O)N(c3ccccc3)C4)cc2)CC1.COc1cc(N2CCN(C)CC2)ccc1Cc1ncc2c(n1)N(C(C)C)C(=O)N(c1c(C)cccc1C)C2.COc1cc(N2CCN(C)CC2)ccc1Cc1ncc2c(n1)N(C)C(=O)N(c1ccccc1)C2. The molecule has 0 aliphatic carbocycles. The van der Waals surface area contributed by atoms with E-state index in [-0.39, 0.29) is 24.1 Å². The van der Waals surface area contributed by atoms with Crippen LogP contribution in [0.3, 0.4) is 0 Å². The molecular weight excluding hydrogens is 1310 g/mol. The Morgan fingerprint density at radius 3 is 1.18 bits per heavy atom. The number of nitrogens with zero attached hydrogens (tertiary/aromatic N) is 18. The van der Waals surface area contributed by atoms with Crippen molar-refractivity contribution >= 4 is 69.7 Å². The smallest absolute Gasteiger partial charge is 0.330 e. The van der Waals surface area contributed by atoms with E-state index >= 15 is 0 Å². The molecule has 0 bridgehead atoms. The van der Waals surface area contributed by atoms with Crippen LogP contribution in [0.4, 0.5) is 66.0 Å². The minimum absolute atomic E-state index is 0.0477. The van der Waals surface area contributed by atoms with Gasteiger partial charge in [-0.25, -0.2) is 44.3 Å². The summed E-state index contributed by atoms with van der Waals surface area (Å²) in [5.41, 5.74) is 14.5. The molecule has 0 atom stereocenters. The van der Waals surface area contributed by atoms with Crippen molar-refractivity contribution in [1.29, 1.82) is 0 Å². The second-order valence-electron chi connectivity index (χ2n) is 28.1. The molecule has 3 saturated heterocycles. The van der Waals surface area contributed by atoms with Crippen LogP contribution in [0, 0.1) is 13.8 Å². The van der Waals surface area contributed by atoms with E-state index in [4.69, 9.17) is 29.4 Å². The number of fused-ring (bicyclic) bond motifs is 3. The number of carbonyl (C=O) groups is 3. The number of urea groups is 3. The Morgan fingerprint density at radius 1 is 0.394 bits per heavy atom. The molecule has 9 aromatic rings. The molecule has 0 saturated carbocycles. The number of anilines is 9. The van der Waals surface area contributed by atoms with Gasteiger partial charge in [-0.1, -0.05) is 78.9 Å². The molecule has 23 nitrogen and oxygen atoms in total. The number of benzene rings is 6. The predicted molar refractivity (Wildman–Crippen MR) is 414 cm³/mol. The predicted octanol–water partition coefficient (Wildman–Crippen LogP) is 11.6. The Hall–Kier alpha value is -10.8. The molecule has 6 amide bonds. The van der Waals surface area contributed by atoms with E-state index in [0.29, 0.717) is 68.0 Å².